The second-order valence-corrected chi connectivity index (χ2v) is 3.68. The van der Waals surface area contributed by atoms with Crippen molar-refractivity contribution in [1.29, 1.82) is 0 Å². The van der Waals surface area contributed by atoms with Crippen molar-refractivity contribution in [2.45, 2.75) is 12.8 Å². The number of H-pyrrole nitrogens is 1. The van der Waals surface area contributed by atoms with Crippen LogP contribution < -0.4 is 5.32 Å². The Bertz CT molecular complexity index is 532. The van der Waals surface area contributed by atoms with Crippen molar-refractivity contribution in [1.82, 2.24) is 15.3 Å². The Morgan fingerprint density at radius 3 is 3.06 bits per heavy atom. The molecule has 0 saturated carbocycles. The largest absolute Gasteiger partial charge is 0.355 e. The summed E-state index contributed by atoms with van der Waals surface area (Å²) in [4.78, 5) is 18.7. The monoisotopic (exact) mass is 227 g/mol. The summed E-state index contributed by atoms with van der Waals surface area (Å²) in [6.45, 7) is 0.542. The number of para-hydroxylation sites is 2. The fraction of sp³-hybridized carbons (Fsp3) is 0.231. The second kappa shape index (κ2) is 5.17. The molecule has 0 fully saturated rings. The lowest BCUT2D eigenvalue weighted by Crippen LogP contribution is -2.25. The zero-order chi connectivity index (χ0) is 12.1. The third kappa shape index (κ3) is 2.85. The zero-order valence-corrected chi connectivity index (χ0v) is 9.36. The molecule has 1 aromatic carbocycles. The van der Waals surface area contributed by atoms with Gasteiger partial charge in [-0.15, -0.1) is 6.42 Å². The number of aromatic amines is 1. The minimum atomic E-state index is -0.122. The molecule has 0 aliphatic heterocycles. The van der Waals surface area contributed by atoms with Crippen molar-refractivity contribution in [3.8, 4) is 12.3 Å². The lowest BCUT2D eigenvalue weighted by Gasteiger charge is -2.00. The van der Waals surface area contributed by atoms with Crippen LogP contribution in [-0.2, 0) is 11.2 Å². The van der Waals surface area contributed by atoms with Gasteiger partial charge in [-0.1, -0.05) is 18.1 Å². The van der Waals surface area contributed by atoms with Crippen LogP contribution in [0.4, 0.5) is 0 Å². The molecule has 0 radical (unpaired) electrons. The summed E-state index contributed by atoms with van der Waals surface area (Å²) < 4.78 is 0. The van der Waals surface area contributed by atoms with Gasteiger partial charge in [0.1, 0.15) is 5.82 Å². The molecule has 1 aromatic heterocycles. The van der Waals surface area contributed by atoms with Gasteiger partial charge in [0.25, 0.3) is 0 Å². The zero-order valence-electron chi connectivity index (χ0n) is 9.36. The summed E-state index contributed by atoms with van der Waals surface area (Å²) in [6.07, 6.45) is 5.83. The number of aromatic nitrogens is 2. The van der Waals surface area contributed by atoms with Crippen LogP contribution in [0, 0.1) is 12.3 Å². The van der Waals surface area contributed by atoms with E-state index in [-0.39, 0.29) is 12.3 Å². The molecule has 17 heavy (non-hydrogen) atoms. The molecule has 0 aliphatic carbocycles. The van der Waals surface area contributed by atoms with E-state index in [9.17, 15) is 4.79 Å². The van der Waals surface area contributed by atoms with Crippen molar-refractivity contribution in [2.24, 2.45) is 0 Å². The highest BCUT2D eigenvalue weighted by molar-refractivity contribution is 5.78. The predicted molar refractivity (Wildman–Crippen MR) is 66.3 cm³/mol. The first-order chi connectivity index (χ1) is 8.29. The minimum Gasteiger partial charge on any atom is -0.355 e. The van der Waals surface area contributed by atoms with Crippen LogP contribution in [0.15, 0.2) is 24.3 Å². The molecular weight excluding hydrogens is 214 g/mol. The SMILES string of the molecule is C#CCC(=O)NCCc1nc2ccccc2[nH]1. The molecule has 0 aliphatic rings. The van der Waals surface area contributed by atoms with E-state index in [1.165, 1.54) is 0 Å². The Balaban J connectivity index is 1.91. The maximum Gasteiger partial charge on any atom is 0.232 e. The van der Waals surface area contributed by atoms with Crippen LogP contribution in [0.3, 0.4) is 0 Å². The molecule has 2 N–H and O–H groups in total. The first-order valence-electron chi connectivity index (χ1n) is 5.43. The molecule has 1 amide bonds. The quantitative estimate of drug-likeness (QED) is 0.772. The van der Waals surface area contributed by atoms with Crippen LogP contribution in [0.2, 0.25) is 0 Å². The first kappa shape index (κ1) is 11.2. The molecule has 0 atom stereocenters. The number of hydrogen-bond acceptors (Lipinski definition) is 2. The topological polar surface area (TPSA) is 57.8 Å². The van der Waals surface area contributed by atoms with Crippen LogP contribution in [0.5, 0.6) is 0 Å². The highest BCUT2D eigenvalue weighted by Crippen LogP contribution is 2.10. The number of hydrogen-bond donors (Lipinski definition) is 2. The predicted octanol–water partition coefficient (Wildman–Crippen LogP) is 1.24. The number of amides is 1. The van der Waals surface area contributed by atoms with Gasteiger partial charge in [0.05, 0.1) is 17.5 Å². The van der Waals surface area contributed by atoms with Gasteiger partial charge >= 0.3 is 0 Å². The van der Waals surface area contributed by atoms with Gasteiger partial charge < -0.3 is 10.3 Å². The molecule has 0 saturated heterocycles. The van der Waals surface area contributed by atoms with E-state index in [1.54, 1.807) is 0 Å². The fourth-order valence-corrected chi connectivity index (χ4v) is 1.60. The van der Waals surface area contributed by atoms with Crippen molar-refractivity contribution < 1.29 is 4.79 Å². The second-order valence-electron chi connectivity index (χ2n) is 3.68. The maximum absolute atomic E-state index is 11.1. The molecule has 4 nitrogen and oxygen atoms in total. The Kier molecular flexibility index (Phi) is 3.41. The molecule has 0 spiro atoms. The Hall–Kier alpha value is -2.28. The molecular formula is C13H13N3O. The van der Waals surface area contributed by atoms with Gasteiger partial charge in [-0.25, -0.2) is 4.98 Å². The number of carbonyl (C=O) groups excluding carboxylic acids is 1. The van der Waals surface area contributed by atoms with Crippen LogP contribution >= 0.6 is 0 Å². The highest BCUT2D eigenvalue weighted by Gasteiger charge is 2.02. The summed E-state index contributed by atoms with van der Waals surface area (Å²) in [6, 6.07) is 7.83. The minimum absolute atomic E-state index is 0.122. The molecule has 86 valence electrons. The summed E-state index contributed by atoms with van der Waals surface area (Å²) >= 11 is 0. The van der Waals surface area contributed by atoms with E-state index in [1.807, 2.05) is 24.3 Å². The summed E-state index contributed by atoms with van der Waals surface area (Å²) in [5.74, 6) is 3.05. The number of benzene rings is 1. The number of carbonyl (C=O) groups is 1. The summed E-state index contributed by atoms with van der Waals surface area (Å²) in [7, 11) is 0. The highest BCUT2D eigenvalue weighted by atomic mass is 16.1. The average molecular weight is 227 g/mol. The van der Waals surface area contributed by atoms with Gasteiger partial charge in [-0.3, -0.25) is 4.79 Å². The third-order valence-corrected chi connectivity index (χ3v) is 2.39. The number of imidazole rings is 1. The summed E-state index contributed by atoms with van der Waals surface area (Å²) in [5.41, 5.74) is 1.95. The van der Waals surface area contributed by atoms with E-state index >= 15 is 0 Å². The Morgan fingerprint density at radius 1 is 1.47 bits per heavy atom. The first-order valence-corrected chi connectivity index (χ1v) is 5.43. The number of terminal acetylenes is 1. The molecule has 4 heteroatoms. The van der Waals surface area contributed by atoms with Gasteiger partial charge in [0, 0.05) is 13.0 Å². The lowest BCUT2D eigenvalue weighted by molar-refractivity contribution is -0.120. The van der Waals surface area contributed by atoms with Gasteiger partial charge in [0.2, 0.25) is 5.91 Å². The van der Waals surface area contributed by atoms with Crippen molar-refractivity contribution in [3.63, 3.8) is 0 Å². The van der Waals surface area contributed by atoms with E-state index < -0.39 is 0 Å². The lowest BCUT2D eigenvalue weighted by atomic mass is 10.3. The number of nitrogens with one attached hydrogen (secondary N) is 2. The van der Waals surface area contributed by atoms with Crippen LogP contribution in [0.1, 0.15) is 12.2 Å². The van der Waals surface area contributed by atoms with E-state index in [4.69, 9.17) is 6.42 Å². The fourth-order valence-electron chi connectivity index (χ4n) is 1.60. The van der Waals surface area contributed by atoms with Gasteiger partial charge in [-0.05, 0) is 12.1 Å². The van der Waals surface area contributed by atoms with E-state index in [0.717, 1.165) is 16.9 Å². The average Bonchev–Trinajstić information content (AvgIpc) is 2.71. The molecule has 1 heterocycles. The molecule has 2 rings (SSSR count). The van der Waals surface area contributed by atoms with Crippen molar-refractivity contribution in [3.05, 3.63) is 30.1 Å². The van der Waals surface area contributed by atoms with Crippen molar-refractivity contribution in [2.75, 3.05) is 6.54 Å². The number of nitrogens with zero attached hydrogens (tertiary/aromatic N) is 1. The smallest absolute Gasteiger partial charge is 0.232 e. The van der Waals surface area contributed by atoms with E-state index in [0.29, 0.717) is 13.0 Å². The van der Waals surface area contributed by atoms with Gasteiger partial charge in [0.15, 0.2) is 0 Å². The third-order valence-electron chi connectivity index (χ3n) is 2.39. The molecule has 0 bridgehead atoms. The van der Waals surface area contributed by atoms with E-state index in [2.05, 4.69) is 21.2 Å². The Morgan fingerprint density at radius 2 is 2.29 bits per heavy atom. The number of rotatable bonds is 4. The van der Waals surface area contributed by atoms with Crippen LogP contribution in [0.25, 0.3) is 11.0 Å². The standard InChI is InChI=1S/C13H13N3O/c1-2-5-13(17)14-9-8-12-15-10-6-3-4-7-11(10)16-12/h1,3-4,6-7H,5,8-9H2,(H,14,17)(H,15,16). The normalized spacial score (nSPS) is 10.1. The Labute approximate surface area is 99.4 Å². The van der Waals surface area contributed by atoms with Crippen LogP contribution in [-0.4, -0.2) is 22.4 Å². The summed E-state index contributed by atoms with van der Waals surface area (Å²) in [5, 5.41) is 2.73. The van der Waals surface area contributed by atoms with Gasteiger partial charge in [-0.2, -0.15) is 0 Å². The number of fused-ring (bicyclic) bond motifs is 1. The maximum atomic E-state index is 11.1. The molecule has 0 unspecified atom stereocenters. The molecule has 2 aromatic rings. The van der Waals surface area contributed by atoms with Crippen molar-refractivity contribution >= 4 is 16.9 Å².